The Balaban J connectivity index is 1.93. The topological polar surface area (TPSA) is 29.5 Å². The standard InChI is InChI=1S/C25H24F3NO2/c1-16-6-5-7-17(2)24(16)23-14-20(25(26,27)28)9-8-19(23)15-31-22-12-10-21(11-13-22)29(4)18(3)30/h5-14H,15H2,1-4H3. The molecule has 0 N–H and O–H groups in total. The molecule has 0 saturated heterocycles. The summed E-state index contributed by atoms with van der Waals surface area (Å²) in [5.74, 6) is 0.477. The van der Waals surface area contributed by atoms with E-state index in [4.69, 9.17) is 4.74 Å². The third-order valence-electron chi connectivity index (χ3n) is 5.28. The molecule has 0 radical (unpaired) electrons. The lowest BCUT2D eigenvalue weighted by atomic mass is 9.91. The minimum atomic E-state index is -4.43. The second-order valence-electron chi connectivity index (χ2n) is 7.50. The number of alkyl halides is 3. The lowest BCUT2D eigenvalue weighted by Gasteiger charge is -2.18. The molecule has 162 valence electrons. The average molecular weight is 427 g/mol. The summed E-state index contributed by atoms with van der Waals surface area (Å²) in [7, 11) is 1.68. The predicted octanol–water partition coefficient (Wildman–Crippen LogP) is 6.55. The zero-order chi connectivity index (χ0) is 22.8. The molecule has 1 amide bonds. The monoisotopic (exact) mass is 427 g/mol. The van der Waals surface area contributed by atoms with E-state index < -0.39 is 11.7 Å². The van der Waals surface area contributed by atoms with Gasteiger partial charge >= 0.3 is 6.18 Å². The van der Waals surface area contributed by atoms with Crippen LogP contribution in [-0.4, -0.2) is 13.0 Å². The Morgan fingerprint density at radius 3 is 2.13 bits per heavy atom. The number of amides is 1. The molecule has 3 aromatic carbocycles. The number of anilines is 1. The van der Waals surface area contributed by atoms with Gasteiger partial charge in [-0.3, -0.25) is 4.79 Å². The van der Waals surface area contributed by atoms with Crippen LogP contribution in [0.2, 0.25) is 0 Å². The van der Waals surface area contributed by atoms with Crippen molar-refractivity contribution < 1.29 is 22.7 Å². The number of aryl methyl sites for hydroxylation is 2. The zero-order valence-corrected chi connectivity index (χ0v) is 17.9. The number of benzene rings is 3. The number of hydrogen-bond donors (Lipinski definition) is 0. The fourth-order valence-electron chi connectivity index (χ4n) is 3.46. The van der Waals surface area contributed by atoms with E-state index in [-0.39, 0.29) is 12.5 Å². The van der Waals surface area contributed by atoms with Gasteiger partial charge in [-0.2, -0.15) is 13.2 Å². The maximum absolute atomic E-state index is 13.4. The fraction of sp³-hybridized carbons (Fsp3) is 0.240. The number of rotatable bonds is 5. The van der Waals surface area contributed by atoms with Crippen LogP contribution in [0, 0.1) is 13.8 Å². The maximum Gasteiger partial charge on any atom is 0.416 e. The summed E-state index contributed by atoms with van der Waals surface area (Å²) in [6.07, 6.45) is -4.43. The van der Waals surface area contributed by atoms with Gasteiger partial charge in [0.05, 0.1) is 5.56 Å². The van der Waals surface area contributed by atoms with Crippen LogP contribution in [0.15, 0.2) is 60.7 Å². The molecule has 0 aliphatic heterocycles. The van der Waals surface area contributed by atoms with Crippen molar-refractivity contribution in [3.05, 3.63) is 82.9 Å². The summed E-state index contributed by atoms with van der Waals surface area (Å²) in [5.41, 5.74) is 3.80. The van der Waals surface area contributed by atoms with Crippen molar-refractivity contribution in [1.82, 2.24) is 0 Å². The van der Waals surface area contributed by atoms with Crippen LogP contribution >= 0.6 is 0 Å². The molecule has 0 spiro atoms. The van der Waals surface area contributed by atoms with Gasteiger partial charge in [0.2, 0.25) is 5.91 Å². The molecule has 0 fully saturated rings. The second kappa shape index (κ2) is 8.84. The molecule has 0 atom stereocenters. The predicted molar refractivity (Wildman–Crippen MR) is 116 cm³/mol. The van der Waals surface area contributed by atoms with Crippen molar-refractivity contribution in [2.45, 2.75) is 33.6 Å². The molecule has 0 aliphatic rings. The number of hydrogen-bond acceptors (Lipinski definition) is 2. The summed E-state index contributed by atoms with van der Waals surface area (Å²) in [5, 5.41) is 0. The fourth-order valence-corrected chi connectivity index (χ4v) is 3.46. The first-order valence-corrected chi connectivity index (χ1v) is 9.82. The molecule has 3 nitrogen and oxygen atoms in total. The van der Waals surface area contributed by atoms with Gasteiger partial charge in [-0.05, 0) is 78.1 Å². The highest BCUT2D eigenvalue weighted by atomic mass is 19.4. The normalized spacial score (nSPS) is 11.3. The molecule has 0 heterocycles. The Kier molecular flexibility index (Phi) is 6.39. The molecule has 3 rings (SSSR count). The van der Waals surface area contributed by atoms with Gasteiger partial charge in [-0.25, -0.2) is 0 Å². The van der Waals surface area contributed by atoms with E-state index in [0.717, 1.165) is 28.4 Å². The van der Waals surface area contributed by atoms with E-state index in [2.05, 4.69) is 0 Å². The van der Waals surface area contributed by atoms with Crippen LogP contribution in [-0.2, 0) is 17.6 Å². The highest BCUT2D eigenvalue weighted by Crippen LogP contribution is 2.37. The molecule has 6 heteroatoms. The van der Waals surface area contributed by atoms with Gasteiger partial charge in [0, 0.05) is 19.7 Å². The molecular weight excluding hydrogens is 403 g/mol. The summed E-state index contributed by atoms with van der Waals surface area (Å²) in [6, 6.07) is 16.4. The summed E-state index contributed by atoms with van der Waals surface area (Å²) in [6.45, 7) is 5.36. The van der Waals surface area contributed by atoms with Crippen LogP contribution in [0.4, 0.5) is 18.9 Å². The van der Waals surface area contributed by atoms with Gasteiger partial charge in [-0.15, -0.1) is 0 Å². The first-order valence-electron chi connectivity index (χ1n) is 9.82. The Bertz CT molecular complexity index is 1070. The number of carbonyl (C=O) groups excluding carboxylic acids is 1. The molecule has 31 heavy (non-hydrogen) atoms. The minimum absolute atomic E-state index is 0.0864. The van der Waals surface area contributed by atoms with Crippen molar-refractivity contribution in [2.24, 2.45) is 0 Å². The van der Waals surface area contributed by atoms with Crippen LogP contribution in [0.3, 0.4) is 0 Å². The molecule has 0 unspecified atom stereocenters. The van der Waals surface area contributed by atoms with Crippen molar-refractivity contribution in [3.8, 4) is 16.9 Å². The van der Waals surface area contributed by atoms with E-state index in [1.807, 2.05) is 32.0 Å². The van der Waals surface area contributed by atoms with E-state index in [9.17, 15) is 18.0 Å². The van der Waals surface area contributed by atoms with Crippen molar-refractivity contribution in [1.29, 1.82) is 0 Å². The summed E-state index contributed by atoms with van der Waals surface area (Å²) >= 11 is 0. The first kappa shape index (κ1) is 22.4. The van der Waals surface area contributed by atoms with Gasteiger partial charge in [0.15, 0.2) is 0 Å². The molecule has 0 bridgehead atoms. The number of halogens is 3. The Morgan fingerprint density at radius 1 is 0.968 bits per heavy atom. The third-order valence-corrected chi connectivity index (χ3v) is 5.28. The molecule has 3 aromatic rings. The van der Waals surface area contributed by atoms with Crippen molar-refractivity contribution >= 4 is 11.6 Å². The maximum atomic E-state index is 13.4. The number of ether oxygens (including phenoxy) is 1. The Hall–Kier alpha value is -3.28. The van der Waals surface area contributed by atoms with Gasteiger partial charge in [0.25, 0.3) is 0 Å². The van der Waals surface area contributed by atoms with E-state index in [1.165, 1.54) is 24.0 Å². The van der Waals surface area contributed by atoms with Crippen LogP contribution in [0.5, 0.6) is 5.75 Å². The smallest absolute Gasteiger partial charge is 0.416 e. The SMILES string of the molecule is CC(=O)N(C)c1ccc(OCc2ccc(C(F)(F)F)cc2-c2c(C)cccc2C)cc1. The Morgan fingerprint density at radius 2 is 1.58 bits per heavy atom. The largest absolute Gasteiger partial charge is 0.489 e. The van der Waals surface area contributed by atoms with Gasteiger partial charge in [-0.1, -0.05) is 24.3 Å². The molecular formula is C25H24F3NO2. The Labute approximate surface area is 180 Å². The third kappa shape index (κ3) is 5.08. The van der Waals surface area contributed by atoms with Gasteiger partial charge in [0.1, 0.15) is 12.4 Å². The van der Waals surface area contributed by atoms with Crippen molar-refractivity contribution in [3.63, 3.8) is 0 Å². The number of carbonyl (C=O) groups is 1. The molecule has 0 aliphatic carbocycles. The first-order chi connectivity index (χ1) is 14.6. The van der Waals surface area contributed by atoms with E-state index >= 15 is 0 Å². The second-order valence-corrected chi connectivity index (χ2v) is 7.50. The minimum Gasteiger partial charge on any atom is -0.489 e. The van der Waals surface area contributed by atoms with Crippen LogP contribution in [0.25, 0.3) is 11.1 Å². The highest BCUT2D eigenvalue weighted by Gasteiger charge is 2.31. The average Bonchev–Trinajstić information content (AvgIpc) is 2.71. The highest BCUT2D eigenvalue weighted by molar-refractivity contribution is 5.90. The number of nitrogens with zero attached hydrogens (tertiary/aromatic N) is 1. The van der Waals surface area contributed by atoms with Crippen LogP contribution < -0.4 is 9.64 Å². The zero-order valence-electron chi connectivity index (χ0n) is 17.9. The van der Waals surface area contributed by atoms with E-state index in [0.29, 0.717) is 16.9 Å². The molecule has 0 saturated carbocycles. The lowest BCUT2D eigenvalue weighted by Crippen LogP contribution is -2.22. The quantitative estimate of drug-likeness (QED) is 0.462. The summed E-state index contributed by atoms with van der Waals surface area (Å²) < 4.78 is 46.0. The lowest BCUT2D eigenvalue weighted by molar-refractivity contribution is -0.137. The van der Waals surface area contributed by atoms with Crippen LogP contribution in [0.1, 0.15) is 29.2 Å². The summed E-state index contributed by atoms with van der Waals surface area (Å²) in [4.78, 5) is 13.0. The molecule has 0 aromatic heterocycles. The van der Waals surface area contributed by atoms with E-state index in [1.54, 1.807) is 31.3 Å². The van der Waals surface area contributed by atoms with Gasteiger partial charge < -0.3 is 9.64 Å². The van der Waals surface area contributed by atoms with Crippen molar-refractivity contribution in [2.75, 3.05) is 11.9 Å².